The molecule has 0 spiro atoms. The summed E-state index contributed by atoms with van der Waals surface area (Å²) in [6.07, 6.45) is 0. The normalized spacial score (nSPS) is 11.2. The molecule has 0 radical (unpaired) electrons. The molecule has 1 N–H and O–H groups in total. The second-order valence-corrected chi connectivity index (χ2v) is 7.54. The minimum absolute atomic E-state index is 0.649. The summed E-state index contributed by atoms with van der Waals surface area (Å²) in [6.45, 7) is 8.42. The quantitative estimate of drug-likeness (QED) is 0.811. The molecule has 0 aliphatic heterocycles. The van der Waals surface area contributed by atoms with Crippen LogP contribution in [0, 0.1) is 0 Å². The number of rotatable bonds is 7. The Labute approximate surface area is 130 Å². The molecule has 1 aromatic heterocycles. The molecule has 0 atom stereocenters. The summed E-state index contributed by atoms with van der Waals surface area (Å²) in [5.74, 6) is 1.01. The zero-order chi connectivity index (χ0) is 14.4. The summed E-state index contributed by atoms with van der Waals surface area (Å²) < 4.78 is 0. The van der Waals surface area contributed by atoms with Gasteiger partial charge in [-0.25, -0.2) is 4.98 Å². The van der Waals surface area contributed by atoms with Gasteiger partial charge in [0.05, 0.1) is 10.6 Å². The van der Waals surface area contributed by atoms with Crippen molar-refractivity contribution in [1.29, 1.82) is 0 Å². The van der Waals surface area contributed by atoms with E-state index in [4.69, 9.17) is 4.98 Å². The monoisotopic (exact) mass is 306 g/mol. The van der Waals surface area contributed by atoms with Gasteiger partial charge < -0.3 is 5.32 Å². The third-order valence-electron chi connectivity index (χ3n) is 2.86. The lowest BCUT2D eigenvalue weighted by Crippen LogP contribution is -2.12. The summed E-state index contributed by atoms with van der Waals surface area (Å²) in [6, 6.07) is 10.6. The second-order valence-electron chi connectivity index (χ2n) is 4.89. The van der Waals surface area contributed by atoms with E-state index >= 15 is 0 Å². The Hall–Kier alpha value is -0.840. The molecule has 0 saturated heterocycles. The van der Waals surface area contributed by atoms with Gasteiger partial charge >= 0.3 is 0 Å². The highest BCUT2D eigenvalue weighted by molar-refractivity contribution is 7.99. The van der Waals surface area contributed by atoms with Gasteiger partial charge in [0, 0.05) is 12.3 Å². The number of nitrogens with one attached hydrogen (secondary N) is 1. The SMILES string of the molecule is CCNCc1nc(CSC(C)C)sc1-c1ccccc1. The minimum atomic E-state index is 0.649. The molecule has 0 saturated carbocycles. The van der Waals surface area contributed by atoms with Crippen molar-refractivity contribution in [3.8, 4) is 10.4 Å². The van der Waals surface area contributed by atoms with Crippen LogP contribution in [0.4, 0.5) is 0 Å². The summed E-state index contributed by atoms with van der Waals surface area (Å²) in [7, 11) is 0. The summed E-state index contributed by atoms with van der Waals surface area (Å²) in [4.78, 5) is 6.14. The lowest BCUT2D eigenvalue weighted by Gasteiger charge is -2.02. The summed E-state index contributed by atoms with van der Waals surface area (Å²) in [5, 5.41) is 5.27. The van der Waals surface area contributed by atoms with Crippen molar-refractivity contribution in [2.24, 2.45) is 0 Å². The summed E-state index contributed by atoms with van der Waals surface area (Å²) in [5.41, 5.74) is 2.46. The molecule has 4 heteroatoms. The maximum Gasteiger partial charge on any atom is 0.103 e. The molecule has 1 heterocycles. The van der Waals surface area contributed by atoms with Crippen LogP contribution in [0.1, 0.15) is 31.5 Å². The molecule has 20 heavy (non-hydrogen) atoms. The topological polar surface area (TPSA) is 24.9 Å². The van der Waals surface area contributed by atoms with Crippen LogP contribution in [0.2, 0.25) is 0 Å². The number of nitrogens with zero attached hydrogens (tertiary/aromatic N) is 1. The molecule has 0 unspecified atom stereocenters. The smallest absolute Gasteiger partial charge is 0.103 e. The Bertz CT molecular complexity index is 521. The Morgan fingerprint density at radius 1 is 1.25 bits per heavy atom. The van der Waals surface area contributed by atoms with Crippen LogP contribution in [0.5, 0.6) is 0 Å². The third kappa shape index (κ3) is 4.33. The van der Waals surface area contributed by atoms with Gasteiger partial charge in [-0.1, -0.05) is 51.1 Å². The van der Waals surface area contributed by atoms with Gasteiger partial charge in [-0.15, -0.1) is 11.3 Å². The van der Waals surface area contributed by atoms with E-state index in [-0.39, 0.29) is 0 Å². The van der Waals surface area contributed by atoms with Crippen LogP contribution in [-0.2, 0) is 12.3 Å². The standard InChI is InChI=1S/C16H22N2S2/c1-4-17-10-14-16(13-8-6-5-7-9-13)20-15(18-14)11-19-12(2)3/h5-9,12,17H,4,10-11H2,1-3H3. The highest BCUT2D eigenvalue weighted by atomic mass is 32.2. The van der Waals surface area contributed by atoms with E-state index in [2.05, 4.69) is 56.4 Å². The van der Waals surface area contributed by atoms with E-state index in [9.17, 15) is 0 Å². The van der Waals surface area contributed by atoms with Gasteiger partial charge in [-0.05, 0) is 17.4 Å². The molecule has 2 rings (SSSR count). The fourth-order valence-electron chi connectivity index (χ4n) is 1.88. The Morgan fingerprint density at radius 2 is 2.00 bits per heavy atom. The van der Waals surface area contributed by atoms with Crippen molar-refractivity contribution in [2.75, 3.05) is 6.54 Å². The van der Waals surface area contributed by atoms with Crippen molar-refractivity contribution < 1.29 is 0 Å². The Morgan fingerprint density at radius 3 is 2.65 bits per heavy atom. The average molecular weight is 306 g/mol. The lowest BCUT2D eigenvalue weighted by atomic mass is 10.1. The largest absolute Gasteiger partial charge is 0.311 e. The predicted octanol–water partition coefficient (Wildman–Crippen LogP) is 4.56. The molecular weight excluding hydrogens is 284 g/mol. The van der Waals surface area contributed by atoms with E-state index in [1.807, 2.05) is 23.1 Å². The molecular formula is C16H22N2S2. The van der Waals surface area contributed by atoms with Crippen molar-refractivity contribution >= 4 is 23.1 Å². The van der Waals surface area contributed by atoms with Crippen molar-refractivity contribution in [2.45, 2.75) is 38.3 Å². The molecule has 0 fully saturated rings. The maximum atomic E-state index is 4.83. The minimum Gasteiger partial charge on any atom is -0.311 e. The first kappa shape index (κ1) is 15.5. The molecule has 108 valence electrons. The number of hydrogen-bond donors (Lipinski definition) is 1. The zero-order valence-corrected chi connectivity index (χ0v) is 14.0. The fraction of sp³-hybridized carbons (Fsp3) is 0.438. The highest BCUT2D eigenvalue weighted by Crippen LogP contribution is 2.32. The number of benzene rings is 1. The number of hydrogen-bond acceptors (Lipinski definition) is 4. The van der Waals surface area contributed by atoms with E-state index in [0.29, 0.717) is 5.25 Å². The van der Waals surface area contributed by atoms with Crippen LogP contribution in [0.15, 0.2) is 30.3 Å². The van der Waals surface area contributed by atoms with E-state index < -0.39 is 0 Å². The predicted molar refractivity (Wildman–Crippen MR) is 91.4 cm³/mol. The molecule has 0 aliphatic rings. The van der Waals surface area contributed by atoms with Gasteiger partial charge in [0.15, 0.2) is 0 Å². The van der Waals surface area contributed by atoms with Crippen LogP contribution < -0.4 is 5.32 Å². The van der Waals surface area contributed by atoms with Gasteiger partial charge in [-0.3, -0.25) is 0 Å². The van der Waals surface area contributed by atoms with Crippen LogP contribution in [-0.4, -0.2) is 16.8 Å². The van der Waals surface area contributed by atoms with Crippen molar-refractivity contribution in [3.05, 3.63) is 41.0 Å². The van der Waals surface area contributed by atoms with E-state index in [1.54, 1.807) is 0 Å². The van der Waals surface area contributed by atoms with Gasteiger partial charge in [0.1, 0.15) is 5.01 Å². The first-order valence-corrected chi connectivity index (χ1v) is 8.93. The molecule has 0 aliphatic carbocycles. The molecule has 1 aromatic carbocycles. The number of aromatic nitrogens is 1. The lowest BCUT2D eigenvalue weighted by molar-refractivity contribution is 0.714. The average Bonchev–Trinajstić information content (AvgIpc) is 2.87. The molecule has 2 aromatic rings. The first-order chi connectivity index (χ1) is 9.70. The molecule has 0 amide bonds. The second kappa shape index (κ2) is 7.81. The fourth-order valence-corrected chi connectivity index (χ4v) is 3.74. The van der Waals surface area contributed by atoms with E-state index in [1.165, 1.54) is 21.1 Å². The summed E-state index contributed by atoms with van der Waals surface area (Å²) >= 11 is 3.79. The van der Waals surface area contributed by atoms with Gasteiger partial charge in [0.25, 0.3) is 0 Å². The van der Waals surface area contributed by atoms with Crippen LogP contribution in [0.3, 0.4) is 0 Å². The maximum absolute atomic E-state index is 4.83. The Balaban J connectivity index is 2.23. The first-order valence-electron chi connectivity index (χ1n) is 7.07. The van der Waals surface area contributed by atoms with Crippen LogP contribution in [0.25, 0.3) is 10.4 Å². The number of thioether (sulfide) groups is 1. The van der Waals surface area contributed by atoms with E-state index in [0.717, 1.165) is 18.8 Å². The highest BCUT2D eigenvalue weighted by Gasteiger charge is 2.13. The number of thiazole rings is 1. The van der Waals surface area contributed by atoms with Crippen molar-refractivity contribution in [3.63, 3.8) is 0 Å². The van der Waals surface area contributed by atoms with Crippen LogP contribution >= 0.6 is 23.1 Å². The molecule has 0 bridgehead atoms. The zero-order valence-electron chi connectivity index (χ0n) is 12.3. The third-order valence-corrected chi connectivity index (χ3v) is 5.30. The molecule has 2 nitrogen and oxygen atoms in total. The Kier molecular flexibility index (Phi) is 6.07. The van der Waals surface area contributed by atoms with Crippen molar-refractivity contribution in [1.82, 2.24) is 10.3 Å². The van der Waals surface area contributed by atoms with Gasteiger partial charge in [-0.2, -0.15) is 11.8 Å². The van der Waals surface area contributed by atoms with Gasteiger partial charge in [0.2, 0.25) is 0 Å².